The van der Waals surface area contributed by atoms with E-state index in [2.05, 4.69) is 16.0 Å². The maximum atomic E-state index is 12.2. The highest BCUT2D eigenvalue weighted by Crippen LogP contribution is 2.05. The van der Waals surface area contributed by atoms with Crippen molar-refractivity contribution < 1.29 is 34.2 Å². The SMILES string of the molecule is CC(C)CC(NC(=O)C(C)NC(=O)C(N)CCC(=O)O)C(=O)NCC(=O)O. The molecule has 27 heavy (non-hydrogen) atoms. The van der Waals surface area contributed by atoms with Crippen LogP contribution in [-0.2, 0) is 24.0 Å². The summed E-state index contributed by atoms with van der Waals surface area (Å²) < 4.78 is 0. The zero-order valence-corrected chi connectivity index (χ0v) is 15.7. The maximum absolute atomic E-state index is 12.2. The van der Waals surface area contributed by atoms with Crippen LogP contribution in [0.2, 0.25) is 0 Å². The predicted molar refractivity (Wildman–Crippen MR) is 94.5 cm³/mol. The van der Waals surface area contributed by atoms with Gasteiger partial charge in [-0.25, -0.2) is 0 Å². The van der Waals surface area contributed by atoms with E-state index < -0.39 is 54.3 Å². The highest BCUT2D eigenvalue weighted by Gasteiger charge is 2.26. The van der Waals surface area contributed by atoms with Gasteiger partial charge in [0.15, 0.2) is 0 Å². The van der Waals surface area contributed by atoms with E-state index in [0.717, 1.165) is 0 Å². The Morgan fingerprint density at radius 3 is 1.96 bits per heavy atom. The number of hydrogen-bond acceptors (Lipinski definition) is 6. The number of carbonyl (C=O) groups excluding carboxylic acids is 3. The summed E-state index contributed by atoms with van der Waals surface area (Å²) in [7, 11) is 0. The van der Waals surface area contributed by atoms with Crippen molar-refractivity contribution in [2.75, 3.05) is 6.54 Å². The van der Waals surface area contributed by atoms with Gasteiger partial charge in [0.1, 0.15) is 18.6 Å². The third-order valence-electron chi connectivity index (χ3n) is 3.51. The summed E-state index contributed by atoms with van der Waals surface area (Å²) >= 11 is 0. The van der Waals surface area contributed by atoms with Crippen LogP contribution in [0.5, 0.6) is 0 Å². The van der Waals surface area contributed by atoms with Crippen molar-refractivity contribution in [3.63, 3.8) is 0 Å². The van der Waals surface area contributed by atoms with Crippen molar-refractivity contribution in [2.24, 2.45) is 11.7 Å². The van der Waals surface area contributed by atoms with E-state index in [4.69, 9.17) is 15.9 Å². The summed E-state index contributed by atoms with van der Waals surface area (Å²) in [5.41, 5.74) is 5.57. The Balaban J connectivity index is 4.75. The smallest absolute Gasteiger partial charge is 0.322 e. The lowest BCUT2D eigenvalue weighted by Gasteiger charge is -2.23. The molecule has 0 aliphatic heterocycles. The largest absolute Gasteiger partial charge is 0.481 e. The van der Waals surface area contributed by atoms with Crippen molar-refractivity contribution in [2.45, 2.75) is 58.2 Å². The van der Waals surface area contributed by atoms with Gasteiger partial charge in [0.05, 0.1) is 6.04 Å². The van der Waals surface area contributed by atoms with Crippen molar-refractivity contribution in [3.8, 4) is 0 Å². The van der Waals surface area contributed by atoms with Crippen LogP contribution in [0.3, 0.4) is 0 Å². The normalized spacial score (nSPS) is 14.0. The number of nitrogens with one attached hydrogen (secondary N) is 3. The van der Waals surface area contributed by atoms with Gasteiger partial charge in [-0.2, -0.15) is 0 Å². The molecule has 0 aliphatic carbocycles. The van der Waals surface area contributed by atoms with Crippen LogP contribution in [0, 0.1) is 5.92 Å². The number of rotatable bonds is 12. The lowest BCUT2D eigenvalue weighted by molar-refractivity contribution is -0.139. The molecule has 3 atom stereocenters. The number of aliphatic carboxylic acids is 2. The molecule has 0 rings (SSSR count). The zero-order valence-electron chi connectivity index (χ0n) is 15.7. The summed E-state index contributed by atoms with van der Waals surface area (Å²) in [4.78, 5) is 57.3. The fourth-order valence-corrected chi connectivity index (χ4v) is 2.08. The van der Waals surface area contributed by atoms with E-state index in [1.54, 1.807) is 0 Å². The molecule has 0 aromatic rings. The first-order chi connectivity index (χ1) is 12.4. The summed E-state index contributed by atoms with van der Waals surface area (Å²) in [6.45, 7) is 4.47. The standard InChI is InChI=1S/C16H28N4O7/c1-8(2)6-11(16(27)18-7-13(23)24)20-14(25)9(3)19-15(26)10(17)4-5-12(21)22/h8-11H,4-7,17H2,1-3H3,(H,18,27)(H,19,26)(H,20,25)(H,21,22)(H,23,24). The fourth-order valence-electron chi connectivity index (χ4n) is 2.08. The second-order valence-corrected chi connectivity index (χ2v) is 6.57. The van der Waals surface area contributed by atoms with Crippen molar-refractivity contribution in [1.29, 1.82) is 0 Å². The highest BCUT2D eigenvalue weighted by molar-refractivity contribution is 5.93. The second kappa shape index (κ2) is 11.8. The van der Waals surface area contributed by atoms with E-state index in [1.807, 2.05) is 13.8 Å². The van der Waals surface area contributed by atoms with E-state index in [1.165, 1.54) is 6.92 Å². The third kappa shape index (κ3) is 10.8. The van der Waals surface area contributed by atoms with E-state index >= 15 is 0 Å². The highest BCUT2D eigenvalue weighted by atomic mass is 16.4. The summed E-state index contributed by atoms with van der Waals surface area (Å²) in [5.74, 6) is -4.24. The van der Waals surface area contributed by atoms with Crippen LogP contribution >= 0.6 is 0 Å². The van der Waals surface area contributed by atoms with E-state index in [9.17, 15) is 24.0 Å². The molecule has 0 aromatic heterocycles. The minimum Gasteiger partial charge on any atom is -0.481 e. The molecular formula is C16H28N4O7. The molecule has 0 aromatic carbocycles. The average Bonchev–Trinajstić information content (AvgIpc) is 2.55. The number of carboxylic acid groups (broad SMARTS) is 2. The Hall–Kier alpha value is -2.69. The quantitative estimate of drug-likeness (QED) is 0.231. The average molecular weight is 388 g/mol. The number of amides is 3. The zero-order chi connectivity index (χ0) is 21.1. The molecule has 3 amide bonds. The molecule has 7 N–H and O–H groups in total. The number of nitrogens with two attached hydrogens (primary N) is 1. The van der Waals surface area contributed by atoms with Crippen molar-refractivity contribution in [1.82, 2.24) is 16.0 Å². The van der Waals surface area contributed by atoms with Gasteiger partial charge >= 0.3 is 11.9 Å². The molecule has 3 unspecified atom stereocenters. The van der Waals surface area contributed by atoms with Crippen LogP contribution < -0.4 is 21.7 Å². The van der Waals surface area contributed by atoms with Gasteiger partial charge in [-0.1, -0.05) is 13.8 Å². The molecule has 11 nitrogen and oxygen atoms in total. The molecular weight excluding hydrogens is 360 g/mol. The Bertz CT molecular complexity index is 565. The molecule has 0 heterocycles. The molecule has 0 saturated heterocycles. The van der Waals surface area contributed by atoms with Crippen LogP contribution in [0.15, 0.2) is 0 Å². The van der Waals surface area contributed by atoms with Gasteiger partial charge in [0.25, 0.3) is 0 Å². The van der Waals surface area contributed by atoms with Gasteiger partial charge in [-0.15, -0.1) is 0 Å². The Kier molecular flexibility index (Phi) is 10.7. The molecule has 0 aliphatic rings. The van der Waals surface area contributed by atoms with Crippen LogP contribution in [-0.4, -0.2) is 64.5 Å². The summed E-state index contributed by atoms with van der Waals surface area (Å²) in [5, 5.41) is 24.2. The molecule has 0 spiro atoms. The lowest BCUT2D eigenvalue weighted by atomic mass is 10.0. The van der Waals surface area contributed by atoms with Crippen molar-refractivity contribution >= 4 is 29.7 Å². The van der Waals surface area contributed by atoms with Gasteiger partial charge in [-0.3, -0.25) is 24.0 Å². The molecule has 0 bridgehead atoms. The van der Waals surface area contributed by atoms with Crippen molar-refractivity contribution in [3.05, 3.63) is 0 Å². The third-order valence-corrected chi connectivity index (χ3v) is 3.51. The number of carbonyl (C=O) groups is 5. The molecule has 154 valence electrons. The van der Waals surface area contributed by atoms with Crippen LogP contribution in [0.25, 0.3) is 0 Å². The number of hydrogen-bond donors (Lipinski definition) is 6. The van der Waals surface area contributed by atoms with E-state index in [0.29, 0.717) is 0 Å². The minimum atomic E-state index is -1.21. The Morgan fingerprint density at radius 2 is 1.48 bits per heavy atom. The topological polar surface area (TPSA) is 188 Å². The van der Waals surface area contributed by atoms with Gasteiger partial charge in [-0.05, 0) is 25.7 Å². The Labute approximate surface area is 157 Å². The van der Waals surface area contributed by atoms with Crippen LogP contribution in [0.1, 0.15) is 40.0 Å². The minimum absolute atomic E-state index is 0.0419. The Morgan fingerprint density at radius 1 is 0.889 bits per heavy atom. The summed E-state index contributed by atoms with van der Waals surface area (Å²) in [6.07, 6.45) is -0.0889. The molecule has 0 fully saturated rings. The molecule has 0 saturated carbocycles. The molecule has 0 radical (unpaired) electrons. The summed E-state index contributed by atoms with van der Waals surface area (Å²) in [6, 6.07) is -3.06. The second-order valence-electron chi connectivity index (χ2n) is 6.57. The first-order valence-electron chi connectivity index (χ1n) is 8.51. The lowest BCUT2D eigenvalue weighted by Crippen LogP contribution is -2.55. The predicted octanol–water partition coefficient (Wildman–Crippen LogP) is -1.59. The van der Waals surface area contributed by atoms with Gasteiger partial charge < -0.3 is 31.9 Å². The fraction of sp³-hybridized carbons (Fsp3) is 0.688. The maximum Gasteiger partial charge on any atom is 0.322 e. The number of carboxylic acids is 2. The van der Waals surface area contributed by atoms with Gasteiger partial charge in [0.2, 0.25) is 17.7 Å². The van der Waals surface area contributed by atoms with Crippen LogP contribution in [0.4, 0.5) is 0 Å². The van der Waals surface area contributed by atoms with Gasteiger partial charge in [0, 0.05) is 6.42 Å². The first kappa shape index (κ1) is 24.3. The molecule has 11 heteroatoms. The van der Waals surface area contributed by atoms with E-state index in [-0.39, 0.29) is 25.2 Å². The monoisotopic (exact) mass is 388 g/mol. The first-order valence-corrected chi connectivity index (χ1v) is 8.51.